The molecule has 192 valence electrons. The van der Waals surface area contributed by atoms with Crippen LogP contribution in [0.15, 0.2) is 64.0 Å². The van der Waals surface area contributed by atoms with Crippen LogP contribution in [0.25, 0.3) is 10.9 Å². The Morgan fingerprint density at radius 2 is 1.89 bits per heavy atom. The molecule has 0 saturated carbocycles. The van der Waals surface area contributed by atoms with E-state index < -0.39 is 11.7 Å². The van der Waals surface area contributed by atoms with Crippen LogP contribution in [0.1, 0.15) is 5.56 Å². The Labute approximate surface area is 223 Å². The SMILES string of the molecule is O=C(CN1CCN(c2cccc(C(F)(F)F)c2)CC1)Nc1nnc(Sc2ccnc3cc(Cl)ccc23)s1. The van der Waals surface area contributed by atoms with E-state index in [-0.39, 0.29) is 12.5 Å². The van der Waals surface area contributed by atoms with Crippen LogP contribution >= 0.6 is 34.7 Å². The molecular weight excluding hydrogens is 545 g/mol. The van der Waals surface area contributed by atoms with E-state index >= 15 is 0 Å². The molecule has 0 bridgehead atoms. The zero-order valence-electron chi connectivity index (χ0n) is 19.2. The molecule has 0 radical (unpaired) electrons. The molecule has 37 heavy (non-hydrogen) atoms. The first-order valence-corrected chi connectivity index (χ1v) is 13.3. The van der Waals surface area contributed by atoms with E-state index in [0.29, 0.717) is 46.4 Å². The summed E-state index contributed by atoms with van der Waals surface area (Å²) in [7, 11) is 0. The minimum absolute atomic E-state index is 0.161. The Morgan fingerprint density at radius 1 is 1.08 bits per heavy atom. The lowest BCUT2D eigenvalue weighted by molar-refractivity contribution is -0.137. The van der Waals surface area contributed by atoms with Gasteiger partial charge in [-0.3, -0.25) is 20.0 Å². The standard InChI is InChI=1S/C24H20ClF3N6OS2/c25-16-4-5-18-19(13-16)29-7-6-20(18)36-23-32-31-22(37-23)30-21(35)14-33-8-10-34(11-9-33)17-3-1-2-15(12-17)24(26,27)28/h1-7,12-13H,8-11,14H2,(H,30,31,35). The van der Waals surface area contributed by atoms with Crippen molar-refractivity contribution in [2.75, 3.05) is 42.9 Å². The quantitative estimate of drug-likeness (QED) is 0.302. The van der Waals surface area contributed by atoms with Gasteiger partial charge in [-0.15, -0.1) is 10.2 Å². The molecule has 2 aromatic carbocycles. The largest absolute Gasteiger partial charge is 0.416 e. The van der Waals surface area contributed by atoms with Crippen molar-refractivity contribution >= 4 is 62.3 Å². The Balaban J connectivity index is 1.14. The highest BCUT2D eigenvalue weighted by Crippen LogP contribution is 2.36. The molecule has 1 N–H and O–H groups in total. The molecule has 1 aliphatic rings. The highest BCUT2D eigenvalue weighted by molar-refractivity contribution is 8.01. The number of amides is 1. The second kappa shape index (κ2) is 10.8. The highest BCUT2D eigenvalue weighted by atomic mass is 35.5. The lowest BCUT2D eigenvalue weighted by Gasteiger charge is -2.35. The van der Waals surface area contributed by atoms with E-state index in [1.807, 2.05) is 21.9 Å². The van der Waals surface area contributed by atoms with E-state index in [2.05, 4.69) is 20.5 Å². The minimum atomic E-state index is -4.38. The van der Waals surface area contributed by atoms with Gasteiger partial charge in [0.05, 0.1) is 17.6 Å². The second-order valence-electron chi connectivity index (χ2n) is 8.31. The number of hydrogen-bond acceptors (Lipinski definition) is 8. The monoisotopic (exact) mass is 564 g/mol. The molecule has 5 rings (SSSR count). The first-order valence-electron chi connectivity index (χ1n) is 11.2. The number of fused-ring (bicyclic) bond motifs is 1. The van der Waals surface area contributed by atoms with Crippen LogP contribution in [-0.2, 0) is 11.0 Å². The van der Waals surface area contributed by atoms with Crippen LogP contribution < -0.4 is 10.2 Å². The summed E-state index contributed by atoms with van der Waals surface area (Å²) in [4.78, 5) is 21.7. The molecular formula is C24H20ClF3N6OS2. The highest BCUT2D eigenvalue weighted by Gasteiger charge is 2.31. The summed E-state index contributed by atoms with van der Waals surface area (Å²) in [5.74, 6) is -0.218. The lowest BCUT2D eigenvalue weighted by Crippen LogP contribution is -2.48. The lowest BCUT2D eigenvalue weighted by atomic mass is 10.1. The molecule has 1 amide bonds. The number of hydrogen-bond donors (Lipinski definition) is 1. The van der Waals surface area contributed by atoms with Crippen molar-refractivity contribution in [3.8, 4) is 0 Å². The third-order valence-electron chi connectivity index (χ3n) is 5.79. The molecule has 0 aliphatic carbocycles. The van der Waals surface area contributed by atoms with Crippen LogP contribution in [-0.4, -0.2) is 58.7 Å². The van der Waals surface area contributed by atoms with Crippen molar-refractivity contribution in [1.29, 1.82) is 0 Å². The van der Waals surface area contributed by atoms with Gasteiger partial charge in [0.15, 0.2) is 4.34 Å². The fourth-order valence-electron chi connectivity index (χ4n) is 3.98. The summed E-state index contributed by atoms with van der Waals surface area (Å²) in [6, 6.07) is 12.7. The van der Waals surface area contributed by atoms with Gasteiger partial charge in [-0.25, -0.2) is 0 Å². The van der Waals surface area contributed by atoms with Gasteiger partial charge in [-0.05, 0) is 36.4 Å². The molecule has 3 heterocycles. The number of nitrogens with zero attached hydrogens (tertiary/aromatic N) is 5. The van der Waals surface area contributed by atoms with Crippen molar-refractivity contribution in [3.05, 3.63) is 65.3 Å². The first kappa shape index (κ1) is 25.7. The van der Waals surface area contributed by atoms with Crippen LogP contribution in [0.2, 0.25) is 5.02 Å². The van der Waals surface area contributed by atoms with Gasteiger partial charge >= 0.3 is 6.18 Å². The predicted molar refractivity (Wildman–Crippen MR) is 140 cm³/mol. The number of nitrogens with one attached hydrogen (secondary N) is 1. The zero-order chi connectivity index (χ0) is 26.0. The molecule has 1 fully saturated rings. The van der Waals surface area contributed by atoms with Crippen LogP contribution in [0.5, 0.6) is 0 Å². The number of halogens is 4. The number of pyridine rings is 1. The third-order valence-corrected chi connectivity index (χ3v) is 7.99. The van der Waals surface area contributed by atoms with Crippen LogP contribution in [0.4, 0.5) is 24.0 Å². The maximum atomic E-state index is 13.0. The summed E-state index contributed by atoms with van der Waals surface area (Å²) in [5.41, 5.74) is 0.648. The smallest absolute Gasteiger partial charge is 0.369 e. The molecule has 2 aromatic heterocycles. The minimum Gasteiger partial charge on any atom is -0.369 e. The van der Waals surface area contributed by atoms with Gasteiger partial charge in [0.2, 0.25) is 11.0 Å². The topological polar surface area (TPSA) is 74.2 Å². The predicted octanol–water partition coefficient (Wildman–Crippen LogP) is 5.67. The normalized spacial score (nSPS) is 14.8. The third kappa shape index (κ3) is 6.32. The summed E-state index contributed by atoms with van der Waals surface area (Å²) in [5, 5.41) is 13.0. The van der Waals surface area contributed by atoms with E-state index in [1.165, 1.54) is 29.2 Å². The number of aromatic nitrogens is 3. The van der Waals surface area contributed by atoms with Crippen molar-refractivity contribution in [2.24, 2.45) is 0 Å². The van der Waals surface area contributed by atoms with Gasteiger partial charge < -0.3 is 4.90 Å². The number of rotatable bonds is 6. The summed E-state index contributed by atoms with van der Waals surface area (Å²) < 4.78 is 39.7. The van der Waals surface area contributed by atoms with Crippen molar-refractivity contribution < 1.29 is 18.0 Å². The second-order valence-corrected chi connectivity index (χ2v) is 11.0. The average molecular weight is 565 g/mol. The molecule has 13 heteroatoms. The van der Waals surface area contributed by atoms with E-state index in [9.17, 15) is 18.0 Å². The maximum absolute atomic E-state index is 13.0. The molecule has 0 unspecified atom stereocenters. The van der Waals surface area contributed by atoms with E-state index in [1.54, 1.807) is 24.4 Å². The number of alkyl halides is 3. The Morgan fingerprint density at radius 3 is 2.68 bits per heavy atom. The van der Waals surface area contributed by atoms with Gasteiger partial charge in [-0.1, -0.05) is 46.8 Å². The maximum Gasteiger partial charge on any atom is 0.416 e. The van der Waals surface area contributed by atoms with Crippen molar-refractivity contribution in [2.45, 2.75) is 15.4 Å². The zero-order valence-corrected chi connectivity index (χ0v) is 21.6. The number of carbonyl (C=O) groups excluding carboxylic acids is 1. The molecule has 1 saturated heterocycles. The van der Waals surface area contributed by atoms with Crippen molar-refractivity contribution in [1.82, 2.24) is 20.1 Å². The van der Waals surface area contributed by atoms with Crippen molar-refractivity contribution in [3.63, 3.8) is 0 Å². The average Bonchev–Trinajstić information content (AvgIpc) is 3.30. The molecule has 4 aromatic rings. The molecule has 7 nitrogen and oxygen atoms in total. The molecule has 0 spiro atoms. The van der Waals surface area contributed by atoms with Crippen LogP contribution in [0, 0.1) is 0 Å². The summed E-state index contributed by atoms with van der Waals surface area (Å²) >= 11 is 8.76. The number of anilines is 2. The van der Waals surface area contributed by atoms with E-state index in [4.69, 9.17) is 11.6 Å². The first-order chi connectivity index (χ1) is 17.7. The van der Waals surface area contributed by atoms with Gasteiger partial charge in [-0.2, -0.15) is 13.2 Å². The fraction of sp³-hybridized carbons (Fsp3) is 0.250. The fourth-order valence-corrected chi connectivity index (χ4v) is 6.00. The summed E-state index contributed by atoms with van der Waals surface area (Å²) in [6.07, 6.45) is -2.67. The Hall–Kier alpha value is -2.93. The molecule has 1 aliphatic heterocycles. The number of piperazine rings is 1. The van der Waals surface area contributed by atoms with Gasteiger partial charge in [0, 0.05) is 53.4 Å². The summed E-state index contributed by atoms with van der Waals surface area (Å²) in [6.45, 7) is 2.33. The number of benzene rings is 2. The van der Waals surface area contributed by atoms with Gasteiger partial charge in [0.1, 0.15) is 0 Å². The molecule has 0 atom stereocenters. The Kier molecular flexibility index (Phi) is 7.52. The Bertz CT molecular complexity index is 1430. The number of carbonyl (C=O) groups is 1. The van der Waals surface area contributed by atoms with Crippen LogP contribution in [0.3, 0.4) is 0 Å². The van der Waals surface area contributed by atoms with E-state index in [0.717, 1.165) is 27.9 Å². The van der Waals surface area contributed by atoms with Gasteiger partial charge in [0.25, 0.3) is 0 Å².